The molecule has 1 aliphatic heterocycles. The summed E-state index contributed by atoms with van der Waals surface area (Å²) in [5.74, 6) is 0.622. The molecule has 0 amide bonds. The molecule has 1 N–H and O–H groups in total. The lowest BCUT2D eigenvalue weighted by molar-refractivity contribution is 0.109. The molecule has 3 heteroatoms. The van der Waals surface area contributed by atoms with Crippen molar-refractivity contribution in [3.05, 3.63) is 23.8 Å². The van der Waals surface area contributed by atoms with Crippen molar-refractivity contribution in [2.24, 2.45) is 5.92 Å². The Morgan fingerprint density at radius 2 is 1.91 bits per heavy atom. The van der Waals surface area contributed by atoms with Crippen molar-refractivity contribution in [1.29, 1.82) is 0 Å². The molecular weight excluding hydrogens is 270 g/mol. The van der Waals surface area contributed by atoms with Gasteiger partial charge in [0.15, 0.2) is 0 Å². The van der Waals surface area contributed by atoms with E-state index in [1.54, 1.807) is 0 Å². The maximum Gasteiger partial charge on any atom is 0.0232 e. The quantitative estimate of drug-likeness (QED) is 0.777. The molecule has 0 aromatic heterocycles. The van der Waals surface area contributed by atoms with E-state index < -0.39 is 0 Å². The number of rotatable bonds is 5. The molecule has 2 unspecified atom stereocenters. The van der Waals surface area contributed by atoms with Crippen molar-refractivity contribution in [1.82, 2.24) is 15.1 Å². The minimum atomic E-state index is 0. The first-order chi connectivity index (χ1) is 9.66. The van der Waals surface area contributed by atoms with Crippen LogP contribution in [0.2, 0.25) is 0 Å². The van der Waals surface area contributed by atoms with E-state index in [0.717, 1.165) is 13.1 Å². The summed E-state index contributed by atoms with van der Waals surface area (Å²) < 4.78 is 0. The number of hydrogen-bond acceptors (Lipinski definition) is 3. The number of hydrogen-bond donors (Lipinski definition) is 1. The summed E-state index contributed by atoms with van der Waals surface area (Å²) in [7, 11) is 4.48. The average Bonchev–Trinajstić information content (AvgIpc) is 2.86. The maximum atomic E-state index is 3.60. The number of allylic oxidation sites excluding steroid dienone is 2. The van der Waals surface area contributed by atoms with Crippen molar-refractivity contribution in [3.8, 4) is 0 Å². The van der Waals surface area contributed by atoms with Crippen molar-refractivity contribution in [3.63, 3.8) is 0 Å². The van der Waals surface area contributed by atoms with Crippen LogP contribution in [0, 0.1) is 5.92 Å². The predicted octanol–water partition coefficient (Wildman–Crippen LogP) is 3.89. The maximum absolute atomic E-state index is 3.60. The highest BCUT2D eigenvalue weighted by Crippen LogP contribution is 2.17. The molecule has 0 bridgehead atoms. The lowest BCUT2D eigenvalue weighted by Crippen LogP contribution is -2.50. The third-order valence-electron chi connectivity index (χ3n) is 4.29. The number of nitrogens with zero attached hydrogens (tertiary/aromatic N) is 2. The Kier molecular flexibility index (Phi) is 13.8. The highest BCUT2D eigenvalue weighted by atomic mass is 15.3. The molecule has 2 aliphatic rings. The van der Waals surface area contributed by atoms with Crippen LogP contribution < -0.4 is 5.32 Å². The van der Waals surface area contributed by atoms with Gasteiger partial charge in [-0.3, -0.25) is 0 Å². The number of nitrogens with one attached hydrogen (secondary N) is 1. The van der Waals surface area contributed by atoms with Gasteiger partial charge in [-0.15, -0.1) is 0 Å². The molecule has 0 radical (unpaired) electrons. The Bertz CT molecular complexity index is 329. The second-order valence-corrected chi connectivity index (χ2v) is 5.79. The van der Waals surface area contributed by atoms with Crippen molar-refractivity contribution in [2.75, 3.05) is 46.8 Å². The highest BCUT2D eigenvalue weighted by Gasteiger charge is 2.21. The van der Waals surface area contributed by atoms with Crippen LogP contribution >= 0.6 is 0 Å². The predicted molar refractivity (Wildman–Crippen MR) is 105 cm³/mol. The first-order valence-corrected chi connectivity index (χ1v) is 8.11. The smallest absolute Gasteiger partial charge is 0.0232 e. The third-order valence-corrected chi connectivity index (χ3v) is 4.29. The zero-order valence-corrected chi connectivity index (χ0v) is 14.0. The van der Waals surface area contributed by atoms with Crippen LogP contribution in [0.25, 0.3) is 0 Å². The first kappa shape index (κ1) is 23.6. The van der Waals surface area contributed by atoms with E-state index in [0.29, 0.717) is 12.0 Å². The molecule has 1 saturated heterocycles. The van der Waals surface area contributed by atoms with Gasteiger partial charge in [0, 0.05) is 39.6 Å². The Morgan fingerprint density at radius 1 is 1.23 bits per heavy atom. The molecule has 2 rings (SSSR count). The molecule has 1 fully saturated rings. The van der Waals surface area contributed by atoms with Crippen LogP contribution in [-0.2, 0) is 0 Å². The summed E-state index contributed by atoms with van der Waals surface area (Å²) in [4.78, 5) is 4.94. The second kappa shape index (κ2) is 12.9. The molecule has 1 aliphatic carbocycles. The minimum absolute atomic E-state index is 0. The molecule has 0 saturated carbocycles. The molecule has 0 spiro atoms. The monoisotopic (exact) mass is 313 g/mol. The zero-order chi connectivity index (χ0) is 15.0. The Morgan fingerprint density at radius 3 is 2.50 bits per heavy atom. The van der Waals surface area contributed by atoms with Crippen LogP contribution in [0.1, 0.15) is 43.5 Å². The van der Waals surface area contributed by atoms with E-state index in [4.69, 9.17) is 0 Å². The van der Waals surface area contributed by atoms with Crippen molar-refractivity contribution < 1.29 is 1.43 Å². The van der Waals surface area contributed by atoms with E-state index in [1.165, 1.54) is 31.6 Å². The van der Waals surface area contributed by atoms with Crippen molar-refractivity contribution in [2.45, 2.75) is 48.1 Å². The molecular formula is C19H43N3. The van der Waals surface area contributed by atoms with E-state index in [-0.39, 0.29) is 16.3 Å². The van der Waals surface area contributed by atoms with Crippen LogP contribution in [0.4, 0.5) is 0 Å². The Labute approximate surface area is 141 Å². The van der Waals surface area contributed by atoms with Gasteiger partial charge < -0.3 is 15.1 Å². The van der Waals surface area contributed by atoms with Gasteiger partial charge in [-0.05, 0) is 34.0 Å². The summed E-state index contributed by atoms with van der Waals surface area (Å²) >= 11 is 0. The minimum Gasteiger partial charge on any atom is -0.316 e. The first-order valence-electron chi connectivity index (χ1n) is 8.11. The van der Waals surface area contributed by atoms with Crippen LogP contribution in [0.3, 0.4) is 0 Å². The molecule has 134 valence electrons. The van der Waals surface area contributed by atoms with Gasteiger partial charge in [0.1, 0.15) is 0 Å². The van der Waals surface area contributed by atoms with Gasteiger partial charge in [-0.1, -0.05) is 52.5 Å². The van der Waals surface area contributed by atoms with Crippen LogP contribution in [0.5, 0.6) is 0 Å². The van der Waals surface area contributed by atoms with Gasteiger partial charge in [-0.2, -0.15) is 0 Å². The Hall–Kier alpha value is -0.640. The van der Waals surface area contributed by atoms with E-state index in [2.05, 4.69) is 54.4 Å². The molecule has 0 aromatic carbocycles. The topological polar surface area (TPSA) is 18.5 Å². The summed E-state index contributed by atoms with van der Waals surface area (Å²) in [5.41, 5.74) is 1.48. The SMILES string of the molecule is C.C.CC.CC1=CC=CC1CNCCC1CN(C)CCN1C.[HH]. The number of likely N-dealkylation sites (N-methyl/N-ethyl adjacent to an activating group) is 2. The lowest BCUT2D eigenvalue weighted by Gasteiger charge is -2.37. The third kappa shape index (κ3) is 7.57. The molecule has 0 aromatic rings. The molecule has 2 atom stereocenters. The largest absolute Gasteiger partial charge is 0.316 e. The second-order valence-electron chi connectivity index (χ2n) is 5.79. The van der Waals surface area contributed by atoms with Gasteiger partial charge in [0.25, 0.3) is 0 Å². The van der Waals surface area contributed by atoms with Gasteiger partial charge >= 0.3 is 0 Å². The fourth-order valence-electron chi connectivity index (χ4n) is 2.79. The highest BCUT2D eigenvalue weighted by molar-refractivity contribution is 5.25. The van der Waals surface area contributed by atoms with Gasteiger partial charge in [0.2, 0.25) is 0 Å². The van der Waals surface area contributed by atoms with Crippen LogP contribution in [-0.4, -0.2) is 62.7 Å². The van der Waals surface area contributed by atoms with Crippen molar-refractivity contribution >= 4 is 0 Å². The fraction of sp³-hybridized carbons (Fsp3) is 0.789. The summed E-state index contributed by atoms with van der Waals surface area (Å²) in [5, 5.41) is 3.60. The molecule has 1 heterocycles. The fourth-order valence-corrected chi connectivity index (χ4v) is 2.79. The molecule has 3 nitrogen and oxygen atoms in total. The van der Waals surface area contributed by atoms with E-state index in [1.807, 2.05) is 13.8 Å². The normalized spacial score (nSPS) is 24.7. The van der Waals surface area contributed by atoms with Crippen LogP contribution in [0.15, 0.2) is 23.8 Å². The summed E-state index contributed by atoms with van der Waals surface area (Å²) in [6.45, 7) is 12.0. The average molecular weight is 314 g/mol. The number of piperazine rings is 1. The Balaban J connectivity index is -0.000000770. The van der Waals surface area contributed by atoms with E-state index >= 15 is 0 Å². The van der Waals surface area contributed by atoms with Gasteiger partial charge in [-0.25, -0.2) is 0 Å². The standard InChI is InChI=1S/C15H27N3.C2H6.2CH4.H2/c1-13-5-4-6-14(13)11-16-8-7-15-12-17(2)9-10-18(15)3;1-2;;;/h4-6,14-16H,7-12H2,1-3H3;1-2H3;2*1H4;1H. The van der Waals surface area contributed by atoms with E-state index in [9.17, 15) is 0 Å². The summed E-state index contributed by atoms with van der Waals surface area (Å²) in [6, 6.07) is 0.715. The summed E-state index contributed by atoms with van der Waals surface area (Å²) in [6.07, 6.45) is 7.94. The molecule has 22 heavy (non-hydrogen) atoms. The zero-order valence-electron chi connectivity index (χ0n) is 14.0. The lowest BCUT2D eigenvalue weighted by atomic mass is 10.0. The van der Waals surface area contributed by atoms with Gasteiger partial charge in [0.05, 0.1) is 0 Å².